The normalized spacial score (nSPS) is 18.3. The number of esters is 1. The molecule has 3 aromatic rings. The Labute approximate surface area is 265 Å². The SMILES string of the molecule is CC(C)(C)OC(=O)N[C@@H](C(=O)N[C@@H]1C(=O)N2C(C(=O)OC(c3ccccc3)c3ccccc3)=C(C=O)CS[C@H]12)c1ccccc1. The van der Waals surface area contributed by atoms with E-state index < -0.39 is 53.0 Å². The molecule has 2 aliphatic rings. The molecular formula is C34H33N3O7S. The number of ether oxygens (including phenoxy) is 2. The largest absolute Gasteiger partial charge is 0.448 e. The lowest BCUT2D eigenvalue weighted by Gasteiger charge is -2.49. The Morgan fingerprint density at radius 2 is 1.42 bits per heavy atom. The Hall–Kier alpha value is -4.90. The Morgan fingerprint density at radius 3 is 1.93 bits per heavy atom. The van der Waals surface area contributed by atoms with Gasteiger partial charge in [-0.25, -0.2) is 9.59 Å². The van der Waals surface area contributed by atoms with Gasteiger partial charge in [0.2, 0.25) is 5.91 Å². The molecule has 2 N–H and O–H groups in total. The number of nitrogens with zero attached hydrogens (tertiary/aromatic N) is 1. The number of thioether (sulfide) groups is 1. The summed E-state index contributed by atoms with van der Waals surface area (Å²) in [5.41, 5.74) is 1.10. The van der Waals surface area contributed by atoms with Gasteiger partial charge in [0, 0.05) is 11.3 Å². The molecule has 3 aromatic carbocycles. The van der Waals surface area contributed by atoms with Crippen molar-refractivity contribution in [3.63, 3.8) is 0 Å². The summed E-state index contributed by atoms with van der Waals surface area (Å²) >= 11 is 1.24. The number of alkyl carbamates (subject to hydrolysis) is 1. The van der Waals surface area contributed by atoms with Gasteiger partial charge >= 0.3 is 12.1 Å². The molecule has 1 fully saturated rings. The maximum atomic E-state index is 13.7. The molecule has 3 amide bonds. The fraction of sp³-hybridized carbons (Fsp3) is 0.265. The average Bonchev–Trinajstić information content (AvgIpc) is 3.04. The molecule has 45 heavy (non-hydrogen) atoms. The standard InChI is InChI=1S/C34H33N3O7S/c1-34(2,3)44-33(42)36-25(21-13-7-4-8-14-21)29(39)35-26-30(40)37-27(24(19-38)20-45-31(26)37)32(41)43-28(22-15-9-5-10-16-22)23-17-11-6-12-18-23/h4-19,25-26,28,31H,20H2,1-3H3,(H,35,39)(H,36,42)/t25-,26-,31-/m1/s1. The fourth-order valence-corrected chi connectivity index (χ4v) is 6.37. The third-order valence-electron chi connectivity index (χ3n) is 7.12. The van der Waals surface area contributed by atoms with Crippen molar-refractivity contribution < 1.29 is 33.4 Å². The molecule has 232 valence electrons. The van der Waals surface area contributed by atoms with E-state index in [2.05, 4.69) is 10.6 Å². The molecule has 0 aliphatic carbocycles. The van der Waals surface area contributed by atoms with Crippen molar-refractivity contribution in [1.82, 2.24) is 15.5 Å². The third-order valence-corrected chi connectivity index (χ3v) is 8.42. The minimum absolute atomic E-state index is 0.119. The predicted octanol–water partition coefficient (Wildman–Crippen LogP) is 4.44. The number of β-lactam (4-membered cyclic amide) rings is 1. The van der Waals surface area contributed by atoms with Crippen LogP contribution in [0.25, 0.3) is 0 Å². The zero-order valence-electron chi connectivity index (χ0n) is 25.0. The number of carbonyl (C=O) groups is 5. The van der Waals surface area contributed by atoms with E-state index in [1.165, 1.54) is 16.7 Å². The van der Waals surface area contributed by atoms with Crippen LogP contribution < -0.4 is 10.6 Å². The molecule has 11 heteroatoms. The first-order valence-electron chi connectivity index (χ1n) is 14.4. The van der Waals surface area contributed by atoms with Crippen LogP contribution in [0, 0.1) is 0 Å². The van der Waals surface area contributed by atoms with Crippen LogP contribution in [0.1, 0.15) is 49.6 Å². The third kappa shape index (κ3) is 7.09. The van der Waals surface area contributed by atoms with Gasteiger partial charge < -0.3 is 20.1 Å². The summed E-state index contributed by atoms with van der Waals surface area (Å²) in [6.07, 6.45) is -1.03. The van der Waals surface area contributed by atoms with Gasteiger partial charge in [-0.1, -0.05) is 91.0 Å². The highest BCUT2D eigenvalue weighted by molar-refractivity contribution is 8.00. The lowest BCUT2D eigenvalue weighted by molar-refractivity contribution is -0.155. The van der Waals surface area contributed by atoms with Crippen LogP contribution in [0.4, 0.5) is 4.79 Å². The summed E-state index contributed by atoms with van der Waals surface area (Å²) in [5, 5.41) is 4.65. The van der Waals surface area contributed by atoms with Gasteiger partial charge in [0.25, 0.3) is 5.91 Å². The summed E-state index contributed by atoms with van der Waals surface area (Å²) in [4.78, 5) is 66.7. The van der Waals surface area contributed by atoms with E-state index in [1.54, 1.807) is 51.1 Å². The summed E-state index contributed by atoms with van der Waals surface area (Å²) in [5.74, 6) is -1.90. The van der Waals surface area contributed by atoms with Gasteiger partial charge in [0.15, 0.2) is 6.10 Å². The zero-order valence-corrected chi connectivity index (χ0v) is 25.8. The van der Waals surface area contributed by atoms with Crippen LogP contribution in [0.5, 0.6) is 0 Å². The first-order valence-corrected chi connectivity index (χ1v) is 15.4. The van der Waals surface area contributed by atoms with Crippen molar-refractivity contribution in [2.24, 2.45) is 0 Å². The number of nitrogens with one attached hydrogen (secondary N) is 2. The van der Waals surface area contributed by atoms with Crippen LogP contribution in [-0.2, 0) is 28.7 Å². The predicted molar refractivity (Wildman–Crippen MR) is 167 cm³/mol. The second kappa shape index (κ2) is 13.4. The number of rotatable bonds is 9. The zero-order chi connectivity index (χ0) is 32.1. The average molecular weight is 628 g/mol. The lowest BCUT2D eigenvalue weighted by Crippen LogP contribution is -2.71. The van der Waals surface area contributed by atoms with Crippen LogP contribution in [0.2, 0.25) is 0 Å². The van der Waals surface area contributed by atoms with E-state index in [0.717, 1.165) is 11.1 Å². The van der Waals surface area contributed by atoms with Crippen molar-refractivity contribution in [2.45, 2.75) is 49.9 Å². The van der Waals surface area contributed by atoms with Crippen LogP contribution in [0.3, 0.4) is 0 Å². The highest BCUT2D eigenvalue weighted by Gasteiger charge is 2.55. The van der Waals surface area contributed by atoms with Gasteiger partial charge in [-0.2, -0.15) is 0 Å². The minimum atomic E-state index is -1.15. The molecule has 0 bridgehead atoms. The minimum Gasteiger partial charge on any atom is -0.448 e. The van der Waals surface area contributed by atoms with E-state index in [9.17, 15) is 24.0 Å². The maximum absolute atomic E-state index is 13.7. The quantitative estimate of drug-likeness (QED) is 0.202. The molecule has 0 aromatic heterocycles. The van der Waals surface area contributed by atoms with Crippen LogP contribution >= 0.6 is 11.8 Å². The number of amides is 3. The van der Waals surface area contributed by atoms with Crippen molar-refractivity contribution in [2.75, 3.05) is 5.75 Å². The lowest BCUT2D eigenvalue weighted by atomic mass is 10.00. The topological polar surface area (TPSA) is 131 Å². The number of fused-ring (bicyclic) bond motifs is 1. The smallest absolute Gasteiger partial charge is 0.408 e. The highest BCUT2D eigenvalue weighted by Crippen LogP contribution is 2.41. The molecule has 0 spiro atoms. The first-order chi connectivity index (χ1) is 21.6. The second-order valence-electron chi connectivity index (χ2n) is 11.5. The Balaban J connectivity index is 1.35. The Bertz CT molecular complexity index is 1570. The fourth-order valence-electron chi connectivity index (χ4n) is 5.08. The van der Waals surface area contributed by atoms with E-state index >= 15 is 0 Å². The summed E-state index contributed by atoms with van der Waals surface area (Å²) in [6.45, 7) is 5.12. The molecule has 10 nitrogen and oxygen atoms in total. The molecule has 2 heterocycles. The van der Waals surface area contributed by atoms with Gasteiger partial charge in [0.1, 0.15) is 35.0 Å². The molecule has 0 unspecified atom stereocenters. The molecule has 0 radical (unpaired) electrons. The Kier molecular flexibility index (Phi) is 9.38. The number of hydrogen-bond donors (Lipinski definition) is 2. The molecule has 2 aliphatic heterocycles. The molecule has 3 atom stereocenters. The van der Waals surface area contributed by atoms with Crippen LogP contribution in [0.15, 0.2) is 102 Å². The van der Waals surface area contributed by atoms with E-state index in [-0.39, 0.29) is 17.0 Å². The first kappa shape index (κ1) is 31.5. The maximum Gasteiger partial charge on any atom is 0.408 e. The van der Waals surface area contributed by atoms with Crippen molar-refractivity contribution in [3.05, 3.63) is 119 Å². The number of aldehydes is 1. The highest BCUT2D eigenvalue weighted by atomic mass is 32.2. The van der Waals surface area contributed by atoms with Crippen molar-refractivity contribution >= 4 is 41.9 Å². The van der Waals surface area contributed by atoms with Gasteiger partial charge in [0.05, 0.1) is 0 Å². The van der Waals surface area contributed by atoms with Gasteiger partial charge in [-0.15, -0.1) is 11.8 Å². The summed E-state index contributed by atoms with van der Waals surface area (Å²) in [6, 6.07) is 24.7. The molecular weight excluding hydrogens is 594 g/mol. The van der Waals surface area contributed by atoms with Gasteiger partial charge in [-0.3, -0.25) is 19.3 Å². The second-order valence-corrected chi connectivity index (χ2v) is 12.6. The monoisotopic (exact) mass is 627 g/mol. The van der Waals surface area contributed by atoms with Gasteiger partial charge in [-0.05, 0) is 37.5 Å². The van der Waals surface area contributed by atoms with E-state index in [1.807, 2.05) is 60.7 Å². The van der Waals surface area contributed by atoms with E-state index in [4.69, 9.17) is 9.47 Å². The molecule has 0 saturated carbocycles. The Morgan fingerprint density at radius 1 is 0.889 bits per heavy atom. The number of benzene rings is 3. The van der Waals surface area contributed by atoms with Crippen molar-refractivity contribution in [3.8, 4) is 0 Å². The summed E-state index contributed by atoms with van der Waals surface area (Å²) in [7, 11) is 0. The number of carbonyl (C=O) groups excluding carboxylic acids is 5. The van der Waals surface area contributed by atoms with Crippen LogP contribution in [-0.4, -0.2) is 57.8 Å². The van der Waals surface area contributed by atoms with E-state index in [0.29, 0.717) is 11.8 Å². The molecule has 1 saturated heterocycles. The number of hydrogen-bond acceptors (Lipinski definition) is 8. The molecule has 5 rings (SSSR count). The van der Waals surface area contributed by atoms with Crippen molar-refractivity contribution in [1.29, 1.82) is 0 Å². The summed E-state index contributed by atoms with van der Waals surface area (Å²) < 4.78 is 11.3.